The Hall–Kier alpha value is -1.16. The minimum atomic E-state index is -0.313. The molecule has 0 aliphatic heterocycles. The summed E-state index contributed by atoms with van der Waals surface area (Å²) in [6.45, 7) is 13.0. The van der Waals surface area contributed by atoms with Crippen molar-refractivity contribution in [2.45, 2.75) is 47.0 Å². The zero-order chi connectivity index (χ0) is 17.1. The topological polar surface area (TPSA) is 46.6 Å². The fourth-order valence-corrected chi connectivity index (χ4v) is 3.35. The van der Waals surface area contributed by atoms with Crippen LogP contribution >= 0.6 is 0 Å². The standard InChI is InChI=1S/C10H16O.C8H15NO2/c1-9(2)7-4-5-10(9,3)8(11)6-7;1-7(2)8(10)11-6-5-9(3)4/h7H,4-6H2,1-3H3;1,5-6H2,2-4H3. The minimum Gasteiger partial charge on any atom is -0.461 e. The van der Waals surface area contributed by atoms with Crippen molar-refractivity contribution in [1.29, 1.82) is 0 Å². The summed E-state index contributed by atoms with van der Waals surface area (Å²) < 4.78 is 4.83. The molecule has 4 nitrogen and oxygen atoms in total. The molecular weight excluding hydrogens is 278 g/mol. The Morgan fingerprint density at radius 2 is 1.95 bits per heavy atom. The molecule has 0 spiro atoms. The predicted octanol–water partition coefficient (Wildman–Crippen LogP) is 3.07. The maximum absolute atomic E-state index is 11.6. The summed E-state index contributed by atoms with van der Waals surface area (Å²) in [5, 5.41) is 0. The second-order valence-electron chi connectivity index (χ2n) is 7.64. The van der Waals surface area contributed by atoms with Gasteiger partial charge >= 0.3 is 5.97 Å². The van der Waals surface area contributed by atoms with Crippen molar-refractivity contribution in [3.8, 4) is 0 Å². The summed E-state index contributed by atoms with van der Waals surface area (Å²) in [7, 11) is 3.85. The molecule has 2 saturated carbocycles. The van der Waals surface area contributed by atoms with Crippen LogP contribution in [0.3, 0.4) is 0 Å². The first-order valence-corrected chi connectivity index (χ1v) is 8.03. The Labute approximate surface area is 134 Å². The normalized spacial score (nSPS) is 28.3. The van der Waals surface area contributed by atoms with Crippen LogP contribution in [0.1, 0.15) is 47.0 Å². The maximum Gasteiger partial charge on any atom is 0.333 e. The van der Waals surface area contributed by atoms with Gasteiger partial charge in [-0.25, -0.2) is 4.79 Å². The van der Waals surface area contributed by atoms with Crippen molar-refractivity contribution >= 4 is 11.8 Å². The molecule has 2 atom stereocenters. The van der Waals surface area contributed by atoms with Gasteiger partial charge in [-0.1, -0.05) is 27.4 Å². The van der Waals surface area contributed by atoms with E-state index in [-0.39, 0.29) is 16.8 Å². The molecule has 2 aliphatic rings. The lowest BCUT2D eigenvalue weighted by Gasteiger charge is -2.32. The van der Waals surface area contributed by atoms with Crippen molar-refractivity contribution in [2.24, 2.45) is 16.7 Å². The van der Waals surface area contributed by atoms with E-state index in [9.17, 15) is 9.59 Å². The van der Waals surface area contributed by atoms with Gasteiger partial charge in [-0.2, -0.15) is 0 Å². The first-order chi connectivity index (χ1) is 10.0. The summed E-state index contributed by atoms with van der Waals surface area (Å²) in [4.78, 5) is 24.3. The Bertz CT molecular complexity index is 453. The minimum absolute atomic E-state index is 0.0255. The number of hydrogen-bond donors (Lipinski definition) is 0. The number of esters is 1. The summed E-state index contributed by atoms with van der Waals surface area (Å²) in [5.41, 5.74) is 0.755. The maximum atomic E-state index is 11.6. The lowest BCUT2D eigenvalue weighted by Crippen LogP contribution is -2.32. The molecule has 2 unspecified atom stereocenters. The number of carbonyl (C=O) groups excluding carboxylic acids is 2. The van der Waals surface area contributed by atoms with Gasteiger partial charge in [-0.3, -0.25) is 4.79 Å². The largest absolute Gasteiger partial charge is 0.461 e. The van der Waals surface area contributed by atoms with Crippen LogP contribution in [0.2, 0.25) is 0 Å². The molecule has 0 heterocycles. The highest BCUT2D eigenvalue weighted by atomic mass is 16.5. The molecule has 0 N–H and O–H groups in total. The third-order valence-corrected chi connectivity index (χ3v) is 5.60. The number of likely N-dealkylation sites (N-methyl/N-ethyl adjacent to an activating group) is 1. The molecule has 2 aliphatic carbocycles. The Balaban J connectivity index is 0.000000220. The number of ketones is 1. The van der Waals surface area contributed by atoms with E-state index in [4.69, 9.17) is 4.74 Å². The Morgan fingerprint density at radius 1 is 1.36 bits per heavy atom. The highest BCUT2D eigenvalue weighted by Gasteiger charge is 2.61. The fraction of sp³-hybridized carbons (Fsp3) is 0.778. The second kappa shape index (κ2) is 6.95. The zero-order valence-electron chi connectivity index (χ0n) is 15.0. The summed E-state index contributed by atoms with van der Waals surface area (Å²) in [6, 6.07) is 0. The van der Waals surface area contributed by atoms with Crippen LogP contribution in [0.15, 0.2) is 12.2 Å². The summed E-state index contributed by atoms with van der Waals surface area (Å²) in [6.07, 6.45) is 3.25. The summed E-state index contributed by atoms with van der Waals surface area (Å²) >= 11 is 0. The molecule has 22 heavy (non-hydrogen) atoms. The van der Waals surface area contributed by atoms with Crippen LogP contribution in [-0.4, -0.2) is 43.9 Å². The van der Waals surface area contributed by atoms with Gasteiger partial charge in [-0.15, -0.1) is 0 Å². The lowest BCUT2D eigenvalue weighted by molar-refractivity contribution is -0.139. The monoisotopic (exact) mass is 309 g/mol. The van der Waals surface area contributed by atoms with Gasteiger partial charge in [0.25, 0.3) is 0 Å². The predicted molar refractivity (Wildman–Crippen MR) is 88.6 cm³/mol. The van der Waals surface area contributed by atoms with Crippen molar-refractivity contribution in [3.05, 3.63) is 12.2 Å². The fourth-order valence-electron chi connectivity index (χ4n) is 3.35. The van der Waals surface area contributed by atoms with Crippen LogP contribution < -0.4 is 0 Å². The molecule has 0 saturated heterocycles. The van der Waals surface area contributed by atoms with Gasteiger partial charge in [0.1, 0.15) is 12.4 Å². The van der Waals surface area contributed by atoms with Gasteiger partial charge in [0, 0.05) is 24.0 Å². The van der Waals surface area contributed by atoms with E-state index < -0.39 is 0 Å². The second-order valence-corrected chi connectivity index (χ2v) is 7.64. The van der Waals surface area contributed by atoms with E-state index in [1.807, 2.05) is 19.0 Å². The van der Waals surface area contributed by atoms with Gasteiger partial charge in [0.2, 0.25) is 0 Å². The van der Waals surface area contributed by atoms with Crippen LogP contribution in [0.25, 0.3) is 0 Å². The number of rotatable bonds is 4. The number of fused-ring (bicyclic) bond motifs is 2. The van der Waals surface area contributed by atoms with E-state index >= 15 is 0 Å². The van der Waals surface area contributed by atoms with Crippen molar-refractivity contribution in [1.82, 2.24) is 4.90 Å². The third kappa shape index (κ3) is 3.78. The molecule has 0 amide bonds. The molecule has 2 rings (SSSR count). The average Bonchev–Trinajstić information content (AvgIpc) is 2.72. The highest BCUT2D eigenvalue weighted by molar-refractivity contribution is 5.89. The smallest absolute Gasteiger partial charge is 0.333 e. The molecule has 0 aromatic heterocycles. The molecule has 2 bridgehead atoms. The lowest BCUT2D eigenvalue weighted by atomic mass is 9.70. The Morgan fingerprint density at radius 3 is 2.23 bits per heavy atom. The van der Waals surface area contributed by atoms with Gasteiger partial charge in [0.05, 0.1) is 0 Å². The van der Waals surface area contributed by atoms with E-state index in [1.165, 1.54) is 6.42 Å². The SMILES string of the molecule is C=C(C)C(=O)OCCN(C)C.CC12CCC(CC1=O)C2(C)C. The van der Waals surface area contributed by atoms with Crippen molar-refractivity contribution < 1.29 is 14.3 Å². The van der Waals surface area contributed by atoms with Crippen LogP contribution in [0, 0.1) is 16.7 Å². The molecule has 0 radical (unpaired) electrons. The molecule has 0 aromatic carbocycles. The first-order valence-electron chi connectivity index (χ1n) is 8.03. The summed E-state index contributed by atoms with van der Waals surface area (Å²) in [5.74, 6) is 0.880. The van der Waals surface area contributed by atoms with Crippen molar-refractivity contribution in [2.75, 3.05) is 27.2 Å². The molecule has 0 aromatic rings. The van der Waals surface area contributed by atoms with Crippen LogP contribution in [0.4, 0.5) is 0 Å². The van der Waals surface area contributed by atoms with Gasteiger partial charge < -0.3 is 9.64 Å². The van der Waals surface area contributed by atoms with E-state index in [0.29, 0.717) is 23.9 Å². The van der Waals surface area contributed by atoms with E-state index in [0.717, 1.165) is 19.4 Å². The number of Topliss-reactive ketones (excluding diaryl/α,β-unsaturated/α-hetero) is 1. The first kappa shape index (κ1) is 18.9. The van der Waals surface area contributed by atoms with E-state index in [1.54, 1.807) is 6.92 Å². The number of ether oxygens (including phenoxy) is 1. The molecule has 4 heteroatoms. The Kier molecular flexibility index (Phi) is 5.96. The number of nitrogens with zero attached hydrogens (tertiary/aromatic N) is 1. The number of hydrogen-bond acceptors (Lipinski definition) is 4. The molecular formula is C18H31NO3. The van der Waals surface area contributed by atoms with Crippen LogP contribution in [0.5, 0.6) is 0 Å². The molecule has 2 fully saturated rings. The quantitative estimate of drug-likeness (QED) is 0.591. The molecule has 126 valence electrons. The van der Waals surface area contributed by atoms with Gasteiger partial charge in [-0.05, 0) is 45.2 Å². The van der Waals surface area contributed by atoms with E-state index in [2.05, 4.69) is 27.4 Å². The van der Waals surface area contributed by atoms with Crippen molar-refractivity contribution in [3.63, 3.8) is 0 Å². The zero-order valence-corrected chi connectivity index (χ0v) is 15.0. The third-order valence-electron chi connectivity index (χ3n) is 5.60. The number of carbonyl (C=O) groups is 2. The van der Waals surface area contributed by atoms with Gasteiger partial charge in [0.15, 0.2) is 0 Å². The van der Waals surface area contributed by atoms with Crippen LogP contribution in [-0.2, 0) is 14.3 Å². The average molecular weight is 309 g/mol. The highest BCUT2D eigenvalue weighted by Crippen LogP contribution is 2.63.